The zero-order valence-corrected chi connectivity index (χ0v) is 14.3. The molecule has 0 aliphatic carbocycles. The Morgan fingerprint density at radius 1 is 1.17 bits per heavy atom. The summed E-state index contributed by atoms with van der Waals surface area (Å²) in [7, 11) is 0. The van der Waals surface area contributed by atoms with E-state index in [1.165, 1.54) is 6.07 Å². The van der Waals surface area contributed by atoms with Crippen LogP contribution in [0.2, 0.25) is 0 Å². The highest BCUT2D eigenvalue weighted by atomic mass is 19.1. The maximum Gasteiger partial charge on any atom is 0.191 e. The second kappa shape index (κ2) is 9.65. The molecule has 24 heavy (non-hydrogen) atoms. The average Bonchev–Trinajstić information content (AvgIpc) is 2.58. The largest absolute Gasteiger partial charge is 0.357 e. The van der Waals surface area contributed by atoms with Crippen molar-refractivity contribution in [3.8, 4) is 0 Å². The number of hydrogen-bond donors (Lipinski definition) is 2. The van der Waals surface area contributed by atoms with Crippen molar-refractivity contribution in [2.24, 2.45) is 4.99 Å². The molecule has 5 heteroatoms. The van der Waals surface area contributed by atoms with Crippen molar-refractivity contribution < 1.29 is 4.39 Å². The van der Waals surface area contributed by atoms with Crippen LogP contribution in [-0.2, 0) is 12.8 Å². The van der Waals surface area contributed by atoms with Gasteiger partial charge in [-0.25, -0.2) is 4.39 Å². The van der Waals surface area contributed by atoms with Gasteiger partial charge in [0, 0.05) is 37.9 Å². The standard InChI is InChI=1S/C19H25FN4/c1-3-21-19(24-13-10-18-6-4-5-11-22-18)23-12-9-16-7-8-17(20)14-15(16)2/h4-8,11,14H,3,9-10,12-13H2,1-2H3,(H2,21,23,24). The van der Waals surface area contributed by atoms with E-state index in [4.69, 9.17) is 0 Å². The third-order valence-corrected chi connectivity index (χ3v) is 3.70. The van der Waals surface area contributed by atoms with Gasteiger partial charge in [-0.15, -0.1) is 0 Å². The number of hydrogen-bond acceptors (Lipinski definition) is 2. The second-order valence-corrected chi connectivity index (χ2v) is 5.58. The predicted octanol–water partition coefficient (Wildman–Crippen LogP) is 2.87. The van der Waals surface area contributed by atoms with Gasteiger partial charge in [-0.1, -0.05) is 12.1 Å². The maximum absolute atomic E-state index is 13.1. The summed E-state index contributed by atoms with van der Waals surface area (Å²) in [5.74, 6) is 0.613. The van der Waals surface area contributed by atoms with Crippen LogP contribution in [0.25, 0.3) is 0 Å². The lowest BCUT2D eigenvalue weighted by Crippen LogP contribution is -2.38. The highest BCUT2D eigenvalue weighted by molar-refractivity contribution is 5.79. The quantitative estimate of drug-likeness (QED) is 0.607. The molecule has 0 saturated carbocycles. The van der Waals surface area contributed by atoms with Crippen LogP contribution >= 0.6 is 0 Å². The molecule has 1 heterocycles. The molecule has 0 fully saturated rings. The first-order chi connectivity index (χ1) is 11.7. The minimum atomic E-state index is -0.186. The van der Waals surface area contributed by atoms with E-state index in [9.17, 15) is 4.39 Å². The Hall–Kier alpha value is -2.43. The fourth-order valence-corrected chi connectivity index (χ4v) is 2.43. The monoisotopic (exact) mass is 328 g/mol. The van der Waals surface area contributed by atoms with Gasteiger partial charge in [0.25, 0.3) is 0 Å². The summed E-state index contributed by atoms with van der Waals surface area (Å²) in [6.45, 7) is 6.22. The molecule has 0 bridgehead atoms. The Labute approximate surface area is 143 Å². The molecule has 0 amide bonds. The molecule has 2 rings (SSSR count). The van der Waals surface area contributed by atoms with Gasteiger partial charge in [0.15, 0.2) is 5.96 Å². The number of aliphatic imine (C=N–C) groups is 1. The van der Waals surface area contributed by atoms with E-state index < -0.39 is 0 Å². The van der Waals surface area contributed by atoms with Gasteiger partial charge in [0.1, 0.15) is 5.82 Å². The highest BCUT2D eigenvalue weighted by Crippen LogP contribution is 2.10. The summed E-state index contributed by atoms with van der Waals surface area (Å²) >= 11 is 0. The van der Waals surface area contributed by atoms with Crippen LogP contribution in [0, 0.1) is 12.7 Å². The minimum absolute atomic E-state index is 0.186. The van der Waals surface area contributed by atoms with Crippen LogP contribution in [0.1, 0.15) is 23.7 Å². The Morgan fingerprint density at radius 3 is 2.75 bits per heavy atom. The summed E-state index contributed by atoms with van der Waals surface area (Å²) in [5.41, 5.74) is 3.17. The predicted molar refractivity (Wildman–Crippen MR) is 96.8 cm³/mol. The number of aryl methyl sites for hydroxylation is 1. The summed E-state index contributed by atoms with van der Waals surface area (Å²) in [6.07, 6.45) is 3.44. The van der Waals surface area contributed by atoms with Gasteiger partial charge >= 0.3 is 0 Å². The van der Waals surface area contributed by atoms with Crippen molar-refractivity contribution in [2.75, 3.05) is 19.6 Å². The fraction of sp³-hybridized carbons (Fsp3) is 0.368. The van der Waals surface area contributed by atoms with Crippen molar-refractivity contribution >= 4 is 5.96 Å². The smallest absolute Gasteiger partial charge is 0.191 e. The van der Waals surface area contributed by atoms with Crippen molar-refractivity contribution in [1.29, 1.82) is 0 Å². The molecule has 2 N–H and O–H groups in total. The molecule has 0 spiro atoms. The number of nitrogens with zero attached hydrogens (tertiary/aromatic N) is 2. The van der Waals surface area contributed by atoms with Crippen molar-refractivity contribution in [1.82, 2.24) is 15.6 Å². The van der Waals surface area contributed by atoms with E-state index >= 15 is 0 Å². The van der Waals surface area contributed by atoms with Gasteiger partial charge in [-0.3, -0.25) is 9.98 Å². The number of aromatic nitrogens is 1. The normalized spacial score (nSPS) is 11.4. The topological polar surface area (TPSA) is 49.3 Å². The molecular weight excluding hydrogens is 303 g/mol. The van der Waals surface area contributed by atoms with Crippen LogP contribution in [0.3, 0.4) is 0 Å². The minimum Gasteiger partial charge on any atom is -0.357 e. The van der Waals surface area contributed by atoms with Gasteiger partial charge in [0.05, 0.1) is 0 Å². The fourth-order valence-electron chi connectivity index (χ4n) is 2.43. The molecule has 0 saturated heterocycles. The molecule has 0 aliphatic heterocycles. The molecule has 4 nitrogen and oxygen atoms in total. The Balaban J connectivity index is 1.82. The van der Waals surface area contributed by atoms with Crippen molar-refractivity contribution in [2.45, 2.75) is 26.7 Å². The summed E-state index contributed by atoms with van der Waals surface area (Å²) in [5, 5.41) is 6.56. The number of rotatable bonds is 7. The van der Waals surface area contributed by atoms with Crippen LogP contribution in [0.4, 0.5) is 4.39 Å². The molecule has 0 aliphatic rings. The third kappa shape index (κ3) is 5.99. The van der Waals surface area contributed by atoms with E-state index in [1.807, 2.05) is 38.1 Å². The summed E-state index contributed by atoms with van der Waals surface area (Å²) in [6, 6.07) is 10.8. The van der Waals surface area contributed by atoms with Gasteiger partial charge in [-0.2, -0.15) is 0 Å². The summed E-state index contributed by atoms with van der Waals surface area (Å²) in [4.78, 5) is 8.87. The Morgan fingerprint density at radius 2 is 2.04 bits per heavy atom. The SMILES string of the molecule is CCNC(=NCCc1ccccn1)NCCc1ccc(F)cc1C. The van der Waals surface area contributed by atoms with Crippen molar-refractivity contribution in [3.05, 3.63) is 65.2 Å². The third-order valence-electron chi connectivity index (χ3n) is 3.70. The first-order valence-electron chi connectivity index (χ1n) is 8.36. The highest BCUT2D eigenvalue weighted by Gasteiger charge is 2.02. The Kier molecular flexibility index (Phi) is 7.21. The zero-order chi connectivity index (χ0) is 17.2. The number of guanidine groups is 1. The molecule has 0 atom stereocenters. The first-order valence-corrected chi connectivity index (χ1v) is 8.36. The maximum atomic E-state index is 13.1. The molecule has 1 aromatic carbocycles. The van der Waals surface area contributed by atoms with Crippen LogP contribution in [0.5, 0.6) is 0 Å². The molecule has 0 radical (unpaired) electrons. The molecule has 2 aromatic rings. The van der Waals surface area contributed by atoms with Gasteiger partial charge < -0.3 is 10.6 Å². The lowest BCUT2D eigenvalue weighted by atomic mass is 10.1. The number of nitrogens with one attached hydrogen (secondary N) is 2. The van der Waals surface area contributed by atoms with E-state index in [-0.39, 0.29) is 5.82 Å². The average molecular weight is 328 g/mol. The van der Waals surface area contributed by atoms with Crippen LogP contribution in [0.15, 0.2) is 47.6 Å². The van der Waals surface area contributed by atoms with E-state index in [1.54, 1.807) is 12.3 Å². The van der Waals surface area contributed by atoms with Crippen LogP contribution in [-0.4, -0.2) is 30.6 Å². The second-order valence-electron chi connectivity index (χ2n) is 5.58. The molecule has 0 unspecified atom stereocenters. The molecule has 128 valence electrons. The van der Waals surface area contributed by atoms with Gasteiger partial charge in [-0.05, 0) is 55.7 Å². The lowest BCUT2D eigenvalue weighted by molar-refractivity contribution is 0.625. The van der Waals surface area contributed by atoms with Gasteiger partial charge in [0.2, 0.25) is 0 Å². The van der Waals surface area contributed by atoms with Crippen molar-refractivity contribution in [3.63, 3.8) is 0 Å². The lowest BCUT2D eigenvalue weighted by Gasteiger charge is -2.12. The molecular formula is C19H25FN4. The van der Waals surface area contributed by atoms with E-state index in [2.05, 4.69) is 20.6 Å². The van der Waals surface area contributed by atoms with E-state index in [0.717, 1.165) is 48.7 Å². The first kappa shape index (κ1) is 17.9. The summed E-state index contributed by atoms with van der Waals surface area (Å²) < 4.78 is 13.1. The number of benzene rings is 1. The Bertz CT molecular complexity index is 656. The number of halogens is 1. The number of pyridine rings is 1. The van der Waals surface area contributed by atoms with E-state index in [0.29, 0.717) is 6.54 Å². The zero-order valence-electron chi connectivity index (χ0n) is 14.3. The van der Waals surface area contributed by atoms with Crippen LogP contribution < -0.4 is 10.6 Å². The molecule has 1 aromatic heterocycles.